The third kappa shape index (κ3) is 4.51. The van der Waals surface area contributed by atoms with Gasteiger partial charge in [-0.15, -0.1) is 0 Å². The average molecular weight is 409 g/mol. The first kappa shape index (κ1) is 20.3. The zero-order chi connectivity index (χ0) is 20.1. The Morgan fingerprint density at radius 3 is 2.54 bits per heavy atom. The number of anilines is 1. The summed E-state index contributed by atoms with van der Waals surface area (Å²) >= 11 is 0. The Labute approximate surface area is 163 Å². The van der Waals surface area contributed by atoms with Crippen LogP contribution >= 0.6 is 0 Å². The smallest absolute Gasteiger partial charge is 0.293 e. The van der Waals surface area contributed by atoms with E-state index in [0.29, 0.717) is 18.8 Å². The van der Waals surface area contributed by atoms with E-state index >= 15 is 0 Å². The molecule has 10 heteroatoms. The number of nitro groups is 1. The first-order valence-electron chi connectivity index (χ1n) is 9.13. The zero-order valence-electron chi connectivity index (χ0n) is 15.3. The number of aliphatic hydroxyl groups is 1. The van der Waals surface area contributed by atoms with Gasteiger partial charge in [0, 0.05) is 25.7 Å². The summed E-state index contributed by atoms with van der Waals surface area (Å²) in [6, 6.07) is 7.01. The number of furan rings is 1. The summed E-state index contributed by atoms with van der Waals surface area (Å²) in [6.45, 7) is 0.823. The summed E-state index contributed by atoms with van der Waals surface area (Å²) in [5, 5.41) is 24.3. The molecule has 28 heavy (non-hydrogen) atoms. The summed E-state index contributed by atoms with van der Waals surface area (Å²) in [6.07, 6.45) is 3.95. The van der Waals surface area contributed by atoms with Crippen LogP contribution in [-0.4, -0.2) is 42.4 Å². The lowest BCUT2D eigenvalue weighted by Crippen LogP contribution is -2.32. The molecule has 2 heterocycles. The van der Waals surface area contributed by atoms with E-state index in [-0.39, 0.29) is 22.8 Å². The molecule has 0 saturated carbocycles. The Bertz CT molecular complexity index is 905. The highest BCUT2D eigenvalue weighted by molar-refractivity contribution is 7.89. The van der Waals surface area contributed by atoms with Gasteiger partial charge in [0.25, 0.3) is 5.69 Å². The van der Waals surface area contributed by atoms with Crippen molar-refractivity contribution in [3.05, 3.63) is 52.5 Å². The molecule has 0 aliphatic carbocycles. The SMILES string of the molecule is O=[N+]([O-])c1cc(S(=O)(=O)N2CCCCCC2)ccc1NCC(O)c1ccco1. The molecule has 1 fully saturated rings. The molecule has 2 N–H and O–H groups in total. The Morgan fingerprint density at radius 2 is 1.93 bits per heavy atom. The second kappa shape index (κ2) is 8.72. The van der Waals surface area contributed by atoms with Crippen LogP contribution in [0.2, 0.25) is 0 Å². The van der Waals surface area contributed by atoms with Crippen LogP contribution in [0.4, 0.5) is 11.4 Å². The van der Waals surface area contributed by atoms with Crippen molar-refractivity contribution in [3.8, 4) is 0 Å². The molecule has 9 nitrogen and oxygen atoms in total. The highest BCUT2D eigenvalue weighted by Gasteiger charge is 2.28. The van der Waals surface area contributed by atoms with Crippen LogP contribution in [0, 0.1) is 10.1 Å². The van der Waals surface area contributed by atoms with Gasteiger partial charge in [0.2, 0.25) is 10.0 Å². The van der Waals surface area contributed by atoms with E-state index in [0.717, 1.165) is 31.7 Å². The molecule has 1 saturated heterocycles. The largest absolute Gasteiger partial charge is 0.467 e. The zero-order valence-corrected chi connectivity index (χ0v) is 16.1. The Hall–Kier alpha value is -2.43. The van der Waals surface area contributed by atoms with E-state index in [1.54, 1.807) is 12.1 Å². The van der Waals surface area contributed by atoms with Crippen LogP contribution in [0.1, 0.15) is 37.5 Å². The van der Waals surface area contributed by atoms with E-state index in [9.17, 15) is 23.6 Å². The molecule has 0 bridgehead atoms. The molecule has 1 aliphatic heterocycles. The molecule has 0 radical (unpaired) electrons. The number of hydrogen-bond donors (Lipinski definition) is 2. The number of nitrogens with zero attached hydrogens (tertiary/aromatic N) is 2. The highest BCUT2D eigenvalue weighted by atomic mass is 32.2. The van der Waals surface area contributed by atoms with Crippen molar-refractivity contribution in [2.45, 2.75) is 36.7 Å². The number of benzene rings is 1. The summed E-state index contributed by atoms with van der Waals surface area (Å²) < 4.78 is 32.2. The molecule has 0 amide bonds. The van der Waals surface area contributed by atoms with Gasteiger partial charge < -0.3 is 14.8 Å². The van der Waals surface area contributed by atoms with Gasteiger partial charge in [-0.3, -0.25) is 10.1 Å². The van der Waals surface area contributed by atoms with Crippen LogP contribution in [0.5, 0.6) is 0 Å². The number of hydrogen-bond acceptors (Lipinski definition) is 7. The van der Waals surface area contributed by atoms with Crippen LogP contribution in [0.3, 0.4) is 0 Å². The Morgan fingerprint density at radius 1 is 1.21 bits per heavy atom. The van der Waals surface area contributed by atoms with Gasteiger partial charge in [-0.1, -0.05) is 12.8 Å². The maximum Gasteiger partial charge on any atom is 0.293 e. The van der Waals surface area contributed by atoms with Gasteiger partial charge in [0.05, 0.1) is 16.1 Å². The molecule has 1 aromatic carbocycles. The van der Waals surface area contributed by atoms with E-state index in [1.165, 1.54) is 22.7 Å². The lowest BCUT2D eigenvalue weighted by Gasteiger charge is -2.20. The second-order valence-corrected chi connectivity index (χ2v) is 8.60. The fourth-order valence-corrected chi connectivity index (χ4v) is 4.73. The van der Waals surface area contributed by atoms with Crippen molar-refractivity contribution in [3.63, 3.8) is 0 Å². The van der Waals surface area contributed by atoms with Crippen molar-refractivity contribution in [1.29, 1.82) is 0 Å². The third-order valence-electron chi connectivity index (χ3n) is 4.73. The van der Waals surface area contributed by atoms with Gasteiger partial charge in [0.15, 0.2) is 0 Å². The third-order valence-corrected chi connectivity index (χ3v) is 6.62. The van der Waals surface area contributed by atoms with Gasteiger partial charge >= 0.3 is 0 Å². The monoisotopic (exact) mass is 409 g/mol. The summed E-state index contributed by atoms with van der Waals surface area (Å²) in [7, 11) is -3.79. The minimum Gasteiger partial charge on any atom is -0.467 e. The number of rotatable bonds is 7. The van der Waals surface area contributed by atoms with Gasteiger partial charge in [0.1, 0.15) is 17.6 Å². The van der Waals surface area contributed by atoms with Gasteiger partial charge in [-0.2, -0.15) is 4.31 Å². The van der Waals surface area contributed by atoms with E-state index < -0.39 is 21.1 Å². The topological polar surface area (TPSA) is 126 Å². The molecule has 3 rings (SSSR count). The number of aliphatic hydroxyl groups excluding tert-OH is 1. The van der Waals surface area contributed by atoms with E-state index in [4.69, 9.17) is 4.42 Å². The first-order valence-corrected chi connectivity index (χ1v) is 10.6. The number of sulfonamides is 1. The van der Waals surface area contributed by atoms with Crippen molar-refractivity contribution < 1.29 is 22.9 Å². The quantitative estimate of drug-likeness (QED) is 0.532. The number of nitrogens with one attached hydrogen (secondary N) is 1. The molecule has 2 aromatic rings. The molecule has 0 spiro atoms. The van der Waals surface area contributed by atoms with Crippen molar-refractivity contribution >= 4 is 21.4 Å². The van der Waals surface area contributed by atoms with Crippen molar-refractivity contribution in [2.75, 3.05) is 25.0 Å². The Kier molecular flexibility index (Phi) is 6.32. The highest BCUT2D eigenvalue weighted by Crippen LogP contribution is 2.30. The van der Waals surface area contributed by atoms with Gasteiger partial charge in [-0.05, 0) is 37.1 Å². The van der Waals surface area contributed by atoms with Crippen LogP contribution < -0.4 is 5.32 Å². The van der Waals surface area contributed by atoms with Crippen molar-refractivity contribution in [2.24, 2.45) is 0 Å². The van der Waals surface area contributed by atoms with Crippen LogP contribution in [0.15, 0.2) is 45.9 Å². The van der Waals surface area contributed by atoms with E-state index in [2.05, 4.69) is 5.32 Å². The first-order chi connectivity index (χ1) is 13.4. The lowest BCUT2D eigenvalue weighted by molar-refractivity contribution is -0.384. The fourth-order valence-electron chi connectivity index (χ4n) is 3.19. The molecule has 1 unspecified atom stereocenters. The maximum absolute atomic E-state index is 12.9. The van der Waals surface area contributed by atoms with Crippen molar-refractivity contribution in [1.82, 2.24) is 4.31 Å². The standard InChI is InChI=1S/C18H23N3O6S/c22-17(18-6-5-11-27-18)13-19-15-8-7-14(12-16(15)21(23)24)28(25,26)20-9-3-1-2-4-10-20/h5-8,11-12,17,19,22H,1-4,9-10,13H2. The van der Waals surface area contributed by atoms with Gasteiger partial charge in [-0.25, -0.2) is 8.42 Å². The summed E-state index contributed by atoms with van der Waals surface area (Å²) in [5.41, 5.74) is -0.229. The molecular formula is C18H23N3O6S. The molecule has 1 aliphatic rings. The van der Waals surface area contributed by atoms with E-state index in [1.807, 2.05) is 0 Å². The summed E-state index contributed by atoms with van der Waals surface area (Å²) in [5.74, 6) is 0.329. The molecule has 1 atom stereocenters. The second-order valence-electron chi connectivity index (χ2n) is 6.67. The molecule has 1 aromatic heterocycles. The molecular weight excluding hydrogens is 386 g/mol. The minimum absolute atomic E-state index is 0.0213. The Balaban J connectivity index is 1.81. The van der Waals surface area contributed by atoms with Crippen LogP contribution in [-0.2, 0) is 10.0 Å². The predicted octanol–water partition coefficient (Wildman–Crippen LogP) is 2.90. The maximum atomic E-state index is 12.9. The minimum atomic E-state index is -3.79. The number of nitro benzene ring substituents is 1. The van der Waals surface area contributed by atoms with Crippen LogP contribution in [0.25, 0.3) is 0 Å². The predicted molar refractivity (Wildman–Crippen MR) is 102 cm³/mol. The summed E-state index contributed by atoms with van der Waals surface area (Å²) in [4.78, 5) is 10.7. The average Bonchev–Trinajstić information content (AvgIpc) is 3.07. The normalized spacial score (nSPS) is 17.0. The fraction of sp³-hybridized carbons (Fsp3) is 0.444. The lowest BCUT2D eigenvalue weighted by atomic mass is 10.2. The molecule has 152 valence electrons.